The Morgan fingerprint density at radius 1 is 1.41 bits per heavy atom. The summed E-state index contributed by atoms with van der Waals surface area (Å²) in [6.45, 7) is 7.14. The Bertz CT molecular complexity index is 469. The average molecular weight is 295 g/mol. The third-order valence-electron chi connectivity index (χ3n) is 3.66. The summed E-state index contributed by atoms with van der Waals surface area (Å²) in [4.78, 5) is 0. The predicted octanol–water partition coefficient (Wildman–Crippen LogP) is 3.65. The van der Waals surface area contributed by atoms with Crippen LogP contribution >= 0.6 is 15.9 Å². The summed E-state index contributed by atoms with van der Waals surface area (Å²) in [6, 6.07) is 6.10. The minimum absolute atomic E-state index is 0.188. The lowest BCUT2D eigenvalue weighted by molar-refractivity contribution is -0.0569. The van der Waals surface area contributed by atoms with Crippen LogP contribution < -0.4 is 4.74 Å². The number of fused-ring (bicyclic) bond motifs is 2. The molecule has 2 heterocycles. The van der Waals surface area contributed by atoms with E-state index in [0.29, 0.717) is 0 Å². The van der Waals surface area contributed by atoms with Crippen molar-refractivity contribution >= 4 is 21.5 Å². The molecule has 3 atom stereocenters. The first-order chi connectivity index (χ1) is 8.16. The van der Waals surface area contributed by atoms with Gasteiger partial charge in [0.1, 0.15) is 11.9 Å². The van der Waals surface area contributed by atoms with Crippen molar-refractivity contribution in [2.45, 2.75) is 25.6 Å². The first-order valence-corrected chi connectivity index (χ1v) is 6.73. The number of rotatable bonds is 0. The average Bonchev–Trinajstić information content (AvgIpc) is 2.30. The van der Waals surface area contributed by atoms with E-state index < -0.39 is 0 Å². The lowest BCUT2D eigenvalue weighted by atomic mass is 9.80. The molecule has 0 radical (unpaired) electrons. The van der Waals surface area contributed by atoms with Gasteiger partial charge in [-0.3, -0.25) is 0 Å². The molecule has 17 heavy (non-hydrogen) atoms. The zero-order valence-electron chi connectivity index (χ0n) is 9.78. The van der Waals surface area contributed by atoms with Gasteiger partial charge in [-0.05, 0) is 30.7 Å². The van der Waals surface area contributed by atoms with Crippen molar-refractivity contribution in [1.29, 1.82) is 0 Å². The van der Waals surface area contributed by atoms with E-state index in [1.165, 1.54) is 0 Å². The number of ether oxygens (including phenoxy) is 2. The van der Waals surface area contributed by atoms with Crippen LogP contribution in [-0.2, 0) is 4.74 Å². The van der Waals surface area contributed by atoms with Crippen LogP contribution in [0.1, 0.15) is 18.9 Å². The van der Waals surface area contributed by atoms with Gasteiger partial charge in [0.2, 0.25) is 0 Å². The predicted molar refractivity (Wildman–Crippen MR) is 71.1 cm³/mol. The molecule has 0 spiro atoms. The maximum atomic E-state index is 6.07. The summed E-state index contributed by atoms with van der Waals surface area (Å²) in [5.41, 5.74) is 2.25. The molecule has 2 aliphatic rings. The normalized spacial score (nSPS) is 31.4. The lowest BCUT2D eigenvalue weighted by Gasteiger charge is -2.41. The summed E-state index contributed by atoms with van der Waals surface area (Å²) < 4.78 is 12.8. The van der Waals surface area contributed by atoms with Gasteiger partial charge in [-0.25, -0.2) is 0 Å². The molecule has 0 N–H and O–H groups in total. The molecule has 1 saturated heterocycles. The zero-order chi connectivity index (χ0) is 12.0. The van der Waals surface area contributed by atoms with E-state index in [2.05, 4.69) is 35.5 Å². The van der Waals surface area contributed by atoms with Crippen molar-refractivity contribution in [1.82, 2.24) is 0 Å². The van der Waals surface area contributed by atoms with Crippen LogP contribution in [0.15, 0.2) is 29.3 Å². The molecule has 1 fully saturated rings. The SMILES string of the molecule is C=C1c2cc(Br)ccc2OC2CCOC(C)[C@H]12. The Hall–Kier alpha value is -0.800. The minimum Gasteiger partial charge on any atom is -0.489 e. The third kappa shape index (κ3) is 1.81. The standard InChI is InChI=1S/C14H15BrO2/c1-8-11-7-10(15)3-4-12(11)17-13-5-6-16-9(2)14(8)13/h3-4,7,9,13-14H,1,5-6H2,2H3/t9?,13?,14-/m0/s1. The van der Waals surface area contributed by atoms with Crippen molar-refractivity contribution < 1.29 is 9.47 Å². The Morgan fingerprint density at radius 2 is 2.24 bits per heavy atom. The zero-order valence-corrected chi connectivity index (χ0v) is 11.4. The van der Waals surface area contributed by atoms with Crippen molar-refractivity contribution in [3.63, 3.8) is 0 Å². The van der Waals surface area contributed by atoms with Crippen LogP contribution in [0.2, 0.25) is 0 Å². The molecule has 0 saturated carbocycles. The maximum Gasteiger partial charge on any atom is 0.127 e. The molecule has 0 amide bonds. The highest BCUT2D eigenvalue weighted by Gasteiger charge is 2.39. The molecule has 3 heteroatoms. The van der Waals surface area contributed by atoms with Gasteiger partial charge in [0.05, 0.1) is 12.7 Å². The van der Waals surface area contributed by atoms with Crippen LogP contribution in [0.4, 0.5) is 0 Å². The van der Waals surface area contributed by atoms with Gasteiger partial charge in [-0.2, -0.15) is 0 Å². The first-order valence-electron chi connectivity index (χ1n) is 5.94. The molecule has 2 nitrogen and oxygen atoms in total. The number of hydrogen-bond acceptors (Lipinski definition) is 2. The summed E-state index contributed by atoms with van der Waals surface area (Å²) >= 11 is 3.49. The molecule has 3 rings (SSSR count). The van der Waals surface area contributed by atoms with Crippen molar-refractivity contribution in [3.05, 3.63) is 34.8 Å². The number of benzene rings is 1. The Labute approximate surface area is 110 Å². The largest absolute Gasteiger partial charge is 0.489 e. The van der Waals surface area contributed by atoms with Crippen LogP contribution in [0.25, 0.3) is 5.57 Å². The monoisotopic (exact) mass is 294 g/mol. The summed E-state index contributed by atoms with van der Waals surface area (Å²) in [6.07, 6.45) is 1.36. The second kappa shape index (κ2) is 4.14. The summed E-state index contributed by atoms with van der Waals surface area (Å²) in [7, 11) is 0. The van der Waals surface area contributed by atoms with E-state index in [0.717, 1.165) is 34.4 Å². The Morgan fingerprint density at radius 3 is 3.06 bits per heavy atom. The molecule has 2 aliphatic heterocycles. The molecule has 1 aromatic carbocycles. The van der Waals surface area contributed by atoms with E-state index in [-0.39, 0.29) is 18.1 Å². The maximum absolute atomic E-state index is 6.07. The van der Waals surface area contributed by atoms with Gasteiger partial charge in [0.25, 0.3) is 0 Å². The van der Waals surface area contributed by atoms with Gasteiger partial charge in [-0.1, -0.05) is 22.5 Å². The fourth-order valence-corrected chi connectivity index (χ4v) is 3.16. The van der Waals surface area contributed by atoms with Crippen molar-refractivity contribution in [3.8, 4) is 5.75 Å². The van der Waals surface area contributed by atoms with E-state index in [1.54, 1.807) is 0 Å². The van der Waals surface area contributed by atoms with Gasteiger partial charge in [-0.15, -0.1) is 0 Å². The van der Waals surface area contributed by atoms with E-state index >= 15 is 0 Å². The van der Waals surface area contributed by atoms with Crippen molar-refractivity contribution in [2.75, 3.05) is 6.61 Å². The van der Waals surface area contributed by atoms with Crippen LogP contribution in [0, 0.1) is 5.92 Å². The highest BCUT2D eigenvalue weighted by atomic mass is 79.9. The first kappa shape index (κ1) is 11.3. The van der Waals surface area contributed by atoms with Gasteiger partial charge < -0.3 is 9.47 Å². The van der Waals surface area contributed by atoms with Crippen LogP contribution in [0.5, 0.6) is 5.75 Å². The van der Waals surface area contributed by atoms with Crippen LogP contribution in [0.3, 0.4) is 0 Å². The molecule has 90 valence electrons. The highest BCUT2D eigenvalue weighted by molar-refractivity contribution is 9.10. The molecule has 2 unspecified atom stereocenters. The smallest absolute Gasteiger partial charge is 0.127 e. The fourth-order valence-electron chi connectivity index (χ4n) is 2.79. The topological polar surface area (TPSA) is 18.5 Å². The molecular weight excluding hydrogens is 280 g/mol. The summed E-state index contributed by atoms with van der Waals surface area (Å²) in [5.74, 6) is 1.24. The van der Waals surface area contributed by atoms with E-state index in [9.17, 15) is 0 Å². The quantitative estimate of drug-likeness (QED) is 0.727. The van der Waals surface area contributed by atoms with Gasteiger partial charge in [0, 0.05) is 22.4 Å². The summed E-state index contributed by atoms with van der Waals surface area (Å²) in [5, 5.41) is 0. The van der Waals surface area contributed by atoms with Gasteiger partial charge >= 0.3 is 0 Å². The molecule has 0 aliphatic carbocycles. The van der Waals surface area contributed by atoms with Gasteiger partial charge in [0.15, 0.2) is 0 Å². The van der Waals surface area contributed by atoms with E-state index in [4.69, 9.17) is 9.47 Å². The molecule has 1 aromatic rings. The number of halogens is 1. The number of hydrogen-bond donors (Lipinski definition) is 0. The van der Waals surface area contributed by atoms with Crippen LogP contribution in [-0.4, -0.2) is 18.8 Å². The fraction of sp³-hybridized carbons (Fsp3) is 0.429. The lowest BCUT2D eigenvalue weighted by Crippen LogP contribution is -2.44. The second-order valence-electron chi connectivity index (χ2n) is 4.71. The minimum atomic E-state index is 0.188. The Balaban J connectivity index is 2.04. The third-order valence-corrected chi connectivity index (χ3v) is 4.15. The molecule has 0 bridgehead atoms. The highest BCUT2D eigenvalue weighted by Crippen LogP contribution is 2.44. The molecule has 0 aromatic heterocycles. The van der Waals surface area contributed by atoms with Crippen molar-refractivity contribution in [2.24, 2.45) is 5.92 Å². The Kier molecular flexibility index (Phi) is 2.75. The molecular formula is C14H15BrO2. The van der Waals surface area contributed by atoms with E-state index in [1.807, 2.05) is 12.1 Å². The second-order valence-corrected chi connectivity index (χ2v) is 5.63.